The van der Waals surface area contributed by atoms with Crippen LogP contribution >= 0.6 is 46.4 Å². The zero-order chi connectivity index (χ0) is 48.6. The van der Waals surface area contributed by atoms with Crippen LogP contribution in [0.5, 0.6) is 0 Å². The minimum atomic E-state index is -5.37. The van der Waals surface area contributed by atoms with Crippen LogP contribution in [0.1, 0.15) is 11.1 Å². The summed E-state index contributed by atoms with van der Waals surface area (Å²) in [6.45, 7) is 0. The van der Waals surface area contributed by atoms with Crippen molar-refractivity contribution >= 4 is 142 Å². The summed E-state index contributed by atoms with van der Waals surface area (Å²) in [4.78, 5) is -3.23. The van der Waals surface area contributed by atoms with Gasteiger partial charge in [-0.2, -0.15) is 0 Å². The van der Waals surface area contributed by atoms with Crippen molar-refractivity contribution in [2.45, 2.75) is 29.4 Å². The molecule has 0 amide bonds. The van der Waals surface area contributed by atoms with E-state index in [-0.39, 0.29) is 111 Å². The van der Waals surface area contributed by atoms with Gasteiger partial charge in [0.2, 0.25) is 0 Å². The summed E-state index contributed by atoms with van der Waals surface area (Å²) in [5, 5.41) is 0.183. The van der Waals surface area contributed by atoms with Crippen molar-refractivity contribution in [1.82, 2.24) is 0 Å². The van der Waals surface area contributed by atoms with Gasteiger partial charge in [0.05, 0.1) is 60.8 Å². The molecule has 68 heavy (non-hydrogen) atoms. The number of hydrogen-bond acceptors (Lipinski definition) is 14. The molecule has 0 heterocycles. The van der Waals surface area contributed by atoms with Crippen LogP contribution < -0.4 is 78.0 Å². The van der Waals surface area contributed by atoms with Gasteiger partial charge in [-0.25, -0.2) is 50.5 Å². The molecule has 0 saturated carbocycles. The number of sulfonamides is 4. The van der Waals surface area contributed by atoms with Crippen LogP contribution in [0.15, 0.2) is 151 Å². The normalized spacial score (nSPS) is 12.4. The molecular weight excluding hydrogens is 1120 g/mol. The predicted octanol–water partition coefficient (Wildman–Crippen LogP) is 1.49. The molecule has 0 aliphatic rings. The van der Waals surface area contributed by atoms with Crippen molar-refractivity contribution in [2.24, 2.45) is 0 Å². The molecule has 18 nitrogen and oxygen atoms in total. The van der Waals surface area contributed by atoms with E-state index in [2.05, 4.69) is 18.9 Å². The first kappa shape index (κ1) is 57.6. The van der Waals surface area contributed by atoms with E-state index in [4.69, 9.17) is 46.4 Å². The largest absolute Gasteiger partial charge is 1.00 e. The fraction of sp³-hybridized carbons (Fsp3) is 0. The SMILES string of the molecule is O=S(=O)([O-])c1cc(NS(=O)(=O)c2ccc(NS(=O)(=O)c3ccc(Cl)c(Cl)c3)cc2)ccc1/C=C/c1ccc(NS(=O)(=O)c2ccc(NS(=O)(=O)c3ccc(Cl)c(Cl)c3)cc2)cc1S(=O)(=O)[O-].[Na+].[Na+]. The fourth-order valence-electron chi connectivity index (χ4n) is 5.63. The Morgan fingerprint density at radius 2 is 0.603 bits per heavy atom. The van der Waals surface area contributed by atoms with E-state index >= 15 is 0 Å². The van der Waals surface area contributed by atoms with Crippen molar-refractivity contribution in [3.63, 3.8) is 0 Å². The first-order chi connectivity index (χ1) is 30.5. The molecule has 6 rings (SSSR count). The van der Waals surface area contributed by atoms with Gasteiger partial charge in [0.15, 0.2) is 0 Å². The van der Waals surface area contributed by atoms with E-state index < -0.39 is 91.3 Å². The quantitative estimate of drug-likeness (QED) is 0.0607. The first-order valence-electron chi connectivity index (χ1n) is 17.6. The molecule has 0 aliphatic carbocycles. The molecule has 348 valence electrons. The van der Waals surface area contributed by atoms with Crippen LogP contribution in [0.2, 0.25) is 20.1 Å². The Hall–Kier alpha value is -2.96. The summed E-state index contributed by atoms with van der Waals surface area (Å²) < 4.78 is 187. The van der Waals surface area contributed by atoms with Crippen molar-refractivity contribution in [3.8, 4) is 0 Å². The zero-order valence-electron chi connectivity index (χ0n) is 34.4. The van der Waals surface area contributed by atoms with Crippen molar-refractivity contribution in [3.05, 3.63) is 153 Å². The van der Waals surface area contributed by atoms with Gasteiger partial charge in [0, 0.05) is 11.4 Å². The molecule has 0 atom stereocenters. The van der Waals surface area contributed by atoms with Crippen LogP contribution in [0.3, 0.4) is 0 Å². The van der Waals surface area contributed by atoms with Crippen molar-refractivity contribution < 1.29 is 119 Å². The van der Waals surface area contributed by atoms with Gasteiger partial charge in [0.1, 0.15) is 20.2 Å². The van der Waals surface area contributed by atoms with E-state index in [0.29, 0.717) is 12.1 Å². The number of nitrogens with one attached hydrogen (secondary N) is 4. The number of rotatable bonds is 16. The average molecular weight is 1140 g/mol. The summed E-state index contributed by atoms with van der Waals surface area (Å²) in [7, 11) is -28.1. The van der Waals surface area contributed by atoms with Crippen molar-refractivity contribution in [2.75, 3.05) is 18.9 Å². The minimum Gasteiger partial charge on any atom is -0.744 e. The fourth-order valence-corrected chi connectivity index (χ4v) is 12.0. The third kappa shape index (κ3) is 14.3. The molecule has 0 bridgehead atoms. The smallest absolute Gasteiger partial charge is 0.744 e. The van der Waals surface area contributed by atoms with Gasteiger partial charge in [-0.1, -0.05) is 70.7 Å². The Kier molecular flexibility index (Phi) is 18.8. The van der Waals surface area contributed by atoms with Gasteiger partial charge < -0.3 is 9.11 Å². The molecule has 6 aromatic carbocycles. The van der Waals surface area contributed by atoms with E-state index in [1.807, 2.05) is 0 Å². The van der Waals surface area contributed by atoms with E-state index in [9.17, 15) is 59.6 Å². The second kappa shape index (κ2) is 22.2. The van der Waals surface area contributed by atoms with Crippen LogP contribution in [-0.4, -0.2) is 59.6 Å². The van der Waals surface area contributed by atoms with Crippen LogP contribution in [-0.2, 0) is 60.3 Å². The minimum absolute atomic E-state index is 0. The molecule has 0 aliphatic heterocycles. The second-order valence-electron chi connectivity index (χ2n) is 13.4. The summed E-state index contributed by atoms with van der Waals surface area (Å²) in [5.41, 5.74) is -1.68. The van der Waals surface area contributed by atoms with Gasteiger partial charge in [-0.3, -0.25) is 18.9 Å². The Bertz CT molecular complexity index is 3410. The number of hydrogen-bond donors (Lipinski definition) is 4. The molecule has 4 N–H and O–H groups in total. The monoisotopic (exact) mass is 1140 g/mol. The second-order valence-corrected chi connectivity index (χ2v) is 24.4. The molecule has 0 spiro atoms. The molecule has 0 fully saturated rings. The van der Waals surface area contributed by atoms with Gasteiger partial charge in [0.25, 0.3) is 40.1 Å². The summed E-state index contributed by atoms with van der Waals surface area (Å²) in [6.07, 6.45) is 1.87. The van der Waals surface area contributed by atoms with Gasteiger partial charge >= 0.3 is 59.1 Å². The first-order valence-corrected chi connectivity index (χ1v) is 27.9. The van der Waals surface area contributed by atoms with Crippen LogP contribution in [0.4, 0.5) is 22.7 Å². The summed E-state index contributed by atoms with van der Waals surface area (Å²) in [6, 6.07) is 21.3. The molecule has 0 unspecified atom stereocenters. The Morgan fingerprint density at radius 3 is 0.897 bits per heavy atom. The standard InChI is InChI=1S/C38H28Cl4N4O14S6.2Na/c39-33-17-15-31(21-35(33)41)63(51,52)43-25-7-11-29(12-8-25)61(47,48)45-27-5-3-23(37(19-27)65(55,56)57)1-2-24-4-6-28(20-38(24)66(58,59)60)46-62(49,50)30-13-9-26(10-14-30)44-64(53,54)32-16-18-34(40)36(42)22-32;;/h1-22,43-46H,(H,55,56,57)(H,58,59,60);;/q;2*+1/p-2/b2-1+;;. The van der Waals surface area contributed by atoms with Crippen molar-refractivity contribution in [1.29, 1.82) is 0 Å². The number of anilines is 4. The molecule has 0 saturated heterocycles. The molecule has 6 aromatic rings. The summed E-state index contributed by atoms with van der Waals surface area (Å²) in [5.74, 6) is 0. The maximum absolute atomic E-state index is 13.2. The summed E-state index contributed by atoms with van der Waals surface area (Å²) >= 11 is 23.5. The maximum Gasteiger partial charge on any atom is 1.00 e. The molecule has 0 aromatic heterocycles. The maximum atomic E-state index is 13.2. The topological polar surface area (TPSA) is 299 Å². The molecular formula is C38H26Cl4N4Na2O14S6. The van der Waals surface area contributed by atoms with Gasteiger partial charge in [-0.05, 0) is 120 Å². The van der Waals surface area contributed by atoms with Crippen LogP contribution in [0.25, 0.3) is 12.2 Å². The Balaban J connectivity index is 0.00000504. The van der Waals surface area contributed by atoms with E-state index in [0.717, 1.165) is 97.1 Å². The zero-order valence-corrected chi connectivity index (χ0v) is 46.3. The van der Waals surface area contributed by atoms with Crippen LogP contribution in [0, 0.1) is 0 Å². The third-order valence-corrected chi connectivity index (χ3v) is 17.6. The number of benzene rings is 6. The number of halogens is 4. The Morgan fingerprint density at radius 1 is 0.338 bits per heavy atom. The third-order valence-electron chi connectivity index (χ3n) is 8.75. The van der Waals surface area contributed by atoms with E-state index in [1.54, 1.807) is 0 Å². The Labute approximate surface area is 455 Å². The predicted molar refractivity (Wildman–Crippen MR) is 247 cm³/mol. The average Bonchev–Trinajstić information content (AvgIpc) is 3.21. The van der Waals surface area contributed by atoms with E-state index in [1.165, 1.54) is 24.3 Å². The molecule has 0 radical (unpaired) electrons. The van der Waals surface area contributed by atoms with Gasteiger partial charge in [-0.15, -0.1) is 0 Å². The molecule has 30 heteroatoms.